The van der Waals surface area contributed by atoms with Gasteiger partial charge >= 0.3 is 0 Å². The van der Waals surface area contributed by atoms with E-state index >= 15 is 0 Å². The van der Waals surface area contributed by atoms with Gasteiger partial charge in [-0.05, 0) is 43.4 Å². The first kappa shape index (κ1) is 20.1. The van der Waals surface area contributed by atoms with Crippen molar-refractivity contribution in [1.29, 1.82) is 0 Å². The molecule has 1 aromatic heterocycles. The zero-order valence-electron chi connectivity index (χ0n) is 18.1. The van der Waals surface area contributed by atoms with E-state index in [1.807, 2.05) is 11.0 Å². The molecule has 31 heavy (non-hydrogen) atoms. The van der Waals surface area contributed by atoms with Gasteiger partial charge in [-0.25, -0.2) is 0 Å². The third kappa shape index (κ3) is 4.33. The van der Waals surface area contributed by atoms with Crippen LogP contribution in [0.4, 0.5) is 5.69 Å². The summed E-state index contributed by atoms with van der Waals surface area (Å²) in [6.45, 7) is 5.84. The lowest BCUT2D eigenvalue weighted by Crippen LogP contribution is -2.40. The van der Waals surface area contributed by atoms with Gasteiger partial charge in [-0.15, -0.1) is 0 Å². The number of anilines is 1. The predicted molar refractivity (Wildman–Crippen MR) is 125 cm³/mol. The Kier molecular flexibility index (Phi) is 5.94. The average molecular weight is 418 g/mol. The molecule has 2 aliphatic rings. The summed E-state index contributed by atoms with van der Waals surface area (Å²) in [7, 11) is 0. The molecule has 1 amide bonds. The Morgan fingerprint density at radius 3 is 2.39 bits per heavy atom. The second-order valence-electron chi connectivity index (χ2n) is 8.71. The zero-order chi connectivity index (χ0) is 21.0. The van der Waals surface area contributed by atoms with Gasteiger partial charge in [0, 0.05) is 55.5 Å². The molecule has 2 saturated heterocycles. The Bertz CT molecular complexity index is 1020. The molecule has 0 radical (unpaired) electrons. The molecule has 0 unspecified atom stereocenters. The van der Waals surface area contributed by atoms with Gasteiger partial charge in [0.25, 0.3) is 5.91 Å². The SMILES string of the molecule is O=C(c1cn(CCC2CCN(c3ccccc3)CC2)c2ccccc12)N1CCOCC1. The van der Waals surface area contributed by atoms with Crippen molar-refractivity contribution in [1.82, 2.24) is 9.47 Å². The smallest absolute Gasteiger partial charge is 0.256 e. The number of aromatic nitrogens is 1. The molecule has 2 fully saturated rings. The minimum Gasteiger partial charge on any atom is -0.378 e. The van der Waals surface area contributed by atoms with Crippen molar-refractivity contribution in [3.8, 4) is 0 Å². The molecule has 5 rings (SSSR count). The highest BCUT2D eigenvalue weighted by Gasteiger charge is 2.23. The van der Waals surface area contributed by atoms with Crippen molar-refractivity contribution in [2.75, 3.05) is 44.3 Å². The van der Waals surface area contributed by atoms with E-state index < -0.39 is 0 Å². The highest BCUT2D eigenvalue weighted by atomic mass is 16.5. The van der Waals surface area contributed by atoms with Crippen LogP contribution in [0, 0.1) is 5.92 Å². The van der Waals surface area contributed by atoms with Crippen molar-refractivity contribution < 1.29 is 9.53 Å². The minimum atomic E-state index is 0.134. The largest absolute Gasteiger partial charge is 0.378 e. The molecule has 162 valence electrons. The third-order valence-electron chi connectivity index (χ3n) is 6.83. The van der Waals surface area contributed by atoms with Crippen molar-refractivity contribution in [2.45, 2.75) is 25.8 Å². The lowest BCUT2D eigenvalue weighted by atomic mass is 9.93. The predicted octanol–water partition coefficient (Wildman–Crippen LogP) is 4.42. The molecule has 0 N–H and O–H groups in total. The number of nitrogens with zero attached hydrogens (tertiary/aromatic N) is 3. The molecule has 0 atom stereocenters. The Morgan fingerprint density at radius 2 is 1.61 bits per heavy atom. The maximum atomic E-state index is 13.2. The normalized spacial score (nSPS) is 17.9. The highest BCUT2D eigenvalue weighted by Crippen LogP contribution is 2.28. The Morgan fingerprint density at radius 1 is 0.903 bits per heavy atom. The van der Waals surface area contributed by atoms with E-state index in [1.54, 1.807) is 0 Å². The topological polar surface area (TPSA) is 37.7 Å². The van der Waals surface area contributed by atoms with Crippen LogP contribution < -0.4 is 4.90 Å². The zero-order valence-corrected chi connectivity index (χ0v) is 18.1. The maximum absolute atomic E-state index is 13.2. The number of rotatable bonds is 5. The number of aryl methyl sites for hydroxylation is 1. The number of fused-ring (bicyclic) bond motifs is 1. The summed E-state index contributed by atoms with van der Waals surface area (Å²) in [5.41, 5.74) is 3.33. The minimum absolute atomic E-state index is 0.134. The van der Waals surface area contributed by atoms with E-state index in [1.165, 1.54) is 24.0 Å². The molecular weight excluding hydrogens is 386 g/mol. The molecule has 5 nitrogen and oxygen atoms in total. The van der Waals surface area contributed by atoms with Crippen LogP contribution in [0.15, 0.2) is 60.8 Å². The average Bonchev–Trinajstić information content (AvgIpc) is 3.22. The number of para-hydroxylation sites is 2. The van der Waals surface area contributed by atoms with Crippen LogP contribution in [0.1, 0.15) is 29.6 Å². The first-order valence-corrected chi connectivity index (χ1v) is 11.5. The van der Waals surface area contributed by atoms with Gasteiger partial charge in [0.05, 0.1) is 18.8 Å². The van der Waals surface area contributed by atoms with Gasteiger partial charge in [0.2, 0.25) is 0 Å². The number of amides is 1. The number of morpholine rings is 1. The fraction of sp³-hybridized carbons (Fsp3) is 0.423. The van der Waals surface area contributed by atoms with Crippen molar-refractivity contribution in [3.63, 3.8) is 0 Å². The Balaban J connectivity index is 1.25. The van der Waals surface area contributed by atoms with Crippen LogP contribution in [-0.4, -0.2) is 54.8 Å². The molecule has 3 heterocycles. The van der Waals surface area contributed by atoms with Gasteiger partial charge in [0.1, 0.15) is 0 Å². The number of ether oxygens (including phenoxy) is 1. The van der Waals surface area contributed by atoms with Crippen LogP contribution in [0.5, 0.6) is 0 Å². The number of carbonyl (C=O) groups excluding carboxylic acids is 1. The Hall–Kier alpha value is -2.79. The third-order valence-corrected chi connectivity index (χ3v) is 6.83. The van der Waals surface area contributed by atoms with Crippen molar-refractivity contribution in [2.24, 2.45) is 5.92 Å². The van der Waals surface area contributed by atoms with E-state index in [4.69, 9.17) is 4.74 Å². The molecule has 5 heteroatoms. The molecule has 0 aliphatic carbocycles. The van der Waals surface area contributed by atoms with Crippen molar-refractivity contribution >= 4 is 22.5 Å². The first-order valence-electron chi connectivity index (χ1n) is 11.5. The summed E-state index contributed by atoms with van der Waals surface area (Å²) in [5, 5.41) is 1.07. The molecule has 3 aromatic rings. The van der Waals surface area contributed by atoms with Crippen LogP contribution in [-0.2, 0) is 11.3 Å². The van der Waals surface area contributed by atoms with E-state index in [-0.39, 0.29) is 5.91 Å². The van der Waals surface area contributed by atoms with Gasteiger partial charge < -0.3 is 19.1 Å². The number of benzene rings is 2. The maximum Gasteiger partial charge on any atom is 0.256 e. The number of piperidine rings is 1. The number of carbonyl (C=O) groups is 1. The van der Waals surface area contributed by atoms with Gasteiger partial charge in [-0.2, -0.15) is 0 Å². The summed E-state index contributed by atoms with van der Waals surface area (Å²) in [4.78, 5) is 17.6. The summed E-state index contributed by atoms with van der Waals surface area (Å²) in [5.74, 6) is 0.869. The molecule has 2 aromatic carbocycles. The summed E-state index contributed by atoms with van der Waals surface area (Å²) in [6, 6.07) is 19.1. The molecule has 0 spiro atoms. The lowest BCUT2D eigenvalue weighted by molar-refractivity contribution is 0.0304. The lowest BCUT2D eigenvalue weighted by Gasteiger charge is -2.33. The number of hydrogen-bond acceptors (Lipinski definition) is 3. The van der Waals surface area contributed by atoms with Gasteiger partial charge in [-0.3, -0.25) is 4.79 Å². The molecular formula is C26H31N3O2. The first-order chi connectivity index (χ1) is 15.3. The second kappa shape index (κ2) is 9.15. The summed E-state index contributed by atoms with van der Waals surface area (Å²) >= 11 is 0. The van der Waals surface area contributed by atoms with Gasteiger partial charge in [-0.1, -0.05) is 36.4 Å². The summed E-state index contributed by atoms with van der Waals surface area (Å²) in [6.07, 6.45) is 5.70. The molecule has 0 saturated carbocycles. The second-order valence-corrected chi connectivity index (χ2v) is 8.71. The summed E-state index contributed by atoms with van der Waals surface area (Å²) < 4.78 is 7.72. The Labute approximate surface area is 184 Å². The van der Waals surface area contributed by atoms with Crippen LogP contribution >= 0.6 is 0 Å². The fourth-order valence-corrected chi connectivity index (χ4v) is 4.98. The standard InChI is InChI=1S/C26H31N3O2/c30-26(28-16-18-31-19-17-28)24-20-29(25-9-5-4-8-23(24)25)15-12-21-10-13-27(14-11-21)22-6-2-1-3-7-22/h1-9,20-21H,10-19H2. The highest BCUT2D eigenvalue weighted by molar-refractivity contribution is 6.07. The van der Waals surface area contributed by atoms with Crippen molar-refractivity contribution in [3.05, 3.63) is 66.4 Å². The van der Waals surface area contributed by atoms with E-state index in [2.05, 4.69) is 64.2 Å². The van der Waals surface area contributed by atoms with Crippen LogP contribution in [0.2, 0.25) is 0 Å². The van der Waals surface area contributed by atoms with Crippen LogP contribution in [0.25, 0.3) is 10.9 Å². The molecule has 0 bridgehead atoms. The van der Waals surface area contributed by atoms with Crippen LogP contribution in [0.3, 0.4) is 0 Å². The monoisotopic (exact) mass is 417 g/mol. The number of hydrogen-bond donors (Lipinski definition) is 0. The van der Waals surface area contributed by atoms with E-state index in [0.717, 1.165) is 42.9 Å². The van der Waals surface area contributed by atoms with E-state index in [9.17, 15) is 4.79 Å². The van der Waals surface area contributed by atoms with E-state index in [0.29, 0.717) is 26.3 Å². The molecule has 2 aliphatic heterocycles. The van der Waals surface area contributed by atoms with Gasteiger partial charge in [0.15, 0.2) is 0 Å². The quantitative estimate of drug-likeness (QED) is 0.617. The fourth-order valence-electron chi connectivity index (χ4n) is 4.98.